The van der Waals surface area contributed by atoms with E-state index in [2.05, 4.69) is 15.0 Å². The Morgan fingerprint density at radius 3 is 2.42 bits per heavy atom. The van der Waals surface area contributed by atoms with Gasteiger partial charge in [0, 0.05) is 32.4 Å². The van der Waals surface area contributed by atoms with Crippen molar-refractivity contribution in [1.29, 1.82) is 0 Å². The van der Waals surface area contributed by atoms with Crippen LogP contribution in [0.25, 0.3) is 16.7 Å². The highest BCUT2D eigenvalue weighted by molar-refractivity contribution is 5.97. The largest absolute Gasteiger partial charge is 0.495 e. The van der Waals surface area contributed by atoms with Gasteiger partial charge in [-0.2, -0.15) is 5.10 Å². The van der Waals surface area contributed by atoms with Crippen molar-refractivity contribution < 1.29 is 9.53 Å². The molecular formula is C25H25N5O3. The lowest BCUT2D eigenvalue weighted by atomic mass is 10.1. The van der Waals surface area contributed by atoms with E-state index in [1.54, 1.807) is 23.6 Å². The van der Waals surface area contributed by atoms with Gasteiger partial charge in [0.25, 0.3) is 5.91 Å². The zero-order valence-electron chi connectivity index (χ0n) is 18.6. The molecule has 0 bridgehead atoms. The van der Waals surface area contributed by atoms with Crippen molar-refractivity contribution in [2.45, 2.75) is 6.92 Å². The van der Waals surface area contributed by atoms with Crippen molar-refractivity contribution in [2.75, 3.05) is 38.2 Å². The quantitative estimate of drug-likeness (QED) is 0.524. The highest BCUT2D eigenvalue weighted by Gasteiger charge is 2.26. The normalized spacial score (nSPS) is 14.0. The van der Waals surface area contributed by atoms with Crippen LogP contribution in [0, 0.1) is 6.92 Å². The zero-order valence-corrected chi connectivity index (χ0v) is 18.6. The van der Waals surface area contributed by atoms with Crippen molar-refractivity contribution in [3.8, 4) is 11.4 Å². The minimum absolute atomic E-state index is 0.143. The highest BCUT2D eigenvalue weighted by Crippen LogP contribution is 2.28. The van der Waals surface area contributed by atoms with E-state index in [1.807, 2.05) is 54.6 Å². The summed E-state index contributed by atoms with van der Waals surface area (Å²) >= 11 is 0. The summed E-state index contributed by atoms with van der Waals surface area (Å²) in [6.45, 7) is 4.17. The third kappa shape index (κ3) is 3.63. The van der Waals surface area contributed by atoms with Crippen molar-refractivity contribution in [3.63, 3.8) is 0 Å². The molecule has 2 aromatic carbocycles. The molecule has 1 amide bonds. The molecule has 0 unspecified atom stereocenters. The Bertz CT molecular complexity index is 1370. The molecule has 33 heavy (non-hydrogen) atoms. The summed E-state index contributed by atoms with van der Waals surface area (Å²) in [5, 5.41) is 4.98. The fraction of sp³-hybridized carbons (Fsp3) is 0.240. The number of carbonyl (C=O) groups excluding carboxylic acids is 1. The van der Waals surface area contributed by atoms with Crippen LogP contribution in [0.3, 0.4) is 0 Å². The van der Waals surface area contributed by atoms with Gasteiger partial charge in [-0.25, -0.2) is 4.68 Å². The van der Waals surface area contributed by atoms with Gasteiger partial charge in [-0.1, -0.05) is 30.3 Å². The van der Waals surface area contributed by atoms with Gasteiger partial charge in [0.1, 0.15) is 17.0 Å². The van der Waals surface area contributed by atoms with Crippen LogP contribution in [-0.2, 0) is 0 Å². The Morgan fingerprint density at radius 2 is 1.70 bits per heavy atom. The number of para-hydroxylation sites is 3. The summed E-state index contributed by atoms with van der Waals surface area (Å²) in [6, 6.07) is 17.5. The van der Waals surface area contributed by atoms with Crippen molar-refractivity contribution in [3.05, 3.63) is 82.3 Å². The lowest BCUT2D eigenvalue weighted by Crippen LogP contribution is -2.49. The lowest BCUT2D eigenvalue weighted by Gasteiger charge is -2.36. The molecule has 1 aliphatic rings. The third-order valence-electron chi connectivity index (χ3n) is 6.11. The number of amides is 1. The average Bonchev–Trinajstić information content (AvgIpc) is 3.21. The average molecular weight is 444 g/mol. The van der Waals surface area contributed by atoms with Gasteiger partial charge in [0.15, 0.2) is 0 Å². The number of ether oxygens (including phenoxy) is 1. The second kappa shape index (κ2) is 8.46. The molecule has 1 saturated heterocycles. The molecule has 1 fully saturated rings. The van der Waals surface area contributed by atoms with E-state index >= 15 is 0 Å². The van der Waals surface area contributed by atoms with Gasteiger partial charge in [0.05, 0.1) is 29.6 Å². The summed E-state index contributed by atoms with van der Waals surface area (Å²) < 4.78 is 7.17. The molecule has 3 heterocycles. The van der Waals surface area contributed by atoms with E-state index in [1.165, 1.54) is 6.20 Å². The third-order valence-corrected chi connectivity index (χ3v) is 6.11. The van der Waals surface area contributed by atoms with Crippen LogP contribution in [0.15, 0.2) is 65.6 Å². The van der Waals surface area contributed by atoms with Gasteiger partial charge in [0.2, 0.25) is 5.43 Å². The fourth-order valence-electron chi connectivity index (χ4n) is 4.40. The van der Waals surface area contributed by atoms with Gasteiger partial charge in [-0.3, -0.25) is 9.59 Å². The first-order valence-electron chi connectivity index (χ1n) is 10.9. The van der Waals surface area contributed by atoms with Crippen molar-refractivity contribution in [2.24, 2.45) is 0 Å². The standard InChI is InChI=1S/C25H25N5O3/c1-17-22-23(31)19(16-26-24(22)30(27-17)18-8-4-3-5-9-18)25(32)29-14-12-28(13-15-29)20-10-6-7-11-21(20)33-2/h3-11,16H,12-15H2,1-2H3,(H,26,31). The molecule has 1 aliphatic heterocycles. The van der Waals surface area contributed by atoms with E-state index in [9.17, 15) is 9.59 Å². The summed E-state index contributed by atoms with van der Waals surface area (Å²) in [5.41, 5.74) is 2.88. The number of aromatic amines is 1. The van der Waals surface area contributed by atoms with Gasteiger partial charge in [-0.15, -0.1) is 0 Å². The Balaban J connectivity index is 1.40. The molecular weight excluding hydrogens is 418 g/mol. The highest BCUT2D eigenvalue weighted by atomic mass is 16.5. The number of piperazine rings is 1. The number of aromatic nitrogens is 3. The summed E-state index contributed by atoms with van der Waals surface area (Å²) in [7, 11) is 1.66. The van der Waals surface area contributed by atoms with Crippen LogP contribution in [0.4, 0.5) is 5.69 Å². The molecule has 0 saturated carbocycles. The fourth-order valence-corrected chi connectivity index (χ4v) is 4.40. The van der Waals surface area contributed by atoms with Gasteiger partial charge >= 0.3 is 0 Å². The number of aryl methyl sites for hydroxylation is 1. The van der Waals surface area contributed by atoms with E-state index in [0.29, 0.717) is 42.9 Å². The predicted molar refractivity (Wildman–Crippen MR) is 128 cm³/mol. The number of carbonyl (C=O) groups is 1. The van der Waals surface area contributed by atoms with E-state index < -0.39 is 0 Å². The van der Waals surface area contributed by atoms with E-state index in [4.69, 9.17) is 4.74 Å². The van der Waals surface area contributed by atoms with Crippen LogP contribution in [0.1, 0.15) is 16.1 Å². The molecule has 0 atom stereocenters. The number of hydrogen-bond donors (Lipinski definition) is 1. The number of rotatable bonds is 4. The maximum absolute atomic E-state index is 13.3. The number of H-pyrrole nitrogens is 1. The number of fused-ring (bicyclic) bond motifs is 1. The first kappa shape index (κ1) is 20.8. The topological polar surface area (TPSA) is 83.5 Å². The summed E-state index contributed by atoms with van der Waals surface area (Å²) in [5.74, 6) is 0.551. The first-order chi connectivity index (χ1) is 16.1. The van der Waals surface area contributed by atoms with Crippen LogP contribution in [0.5, 0.6) is 5.75 Å². The number of anilines is 1. The number of nitrogens with zero attached hydrogens (tertiary/aromatic N) is 4. The Kier molecular flexibility index (Phi) is 5.34. The molecule has 4 aromatic rings. The molecule has 5 rings (SSSR count). The number of pyridine rings is 1. The second-order valence-electron chi connectivity index (χ2n) is 8.04. The molecule has 8 heteroatoms. The number of hydrogen-bond acceptors (Lipinski definition) is 5. The van der Waals surface area contributed by atoms with Crippen LogP contribution >= 0.6 is 0 Å². The summed E-state index contributed by atoms with van der Waals surface area (Å²) in [4.78, 5) is 33.6. The Morgan fingerprint density at radius 1 is 1.00 bits per heavy atom. The second-order valence-corrected chi connectivity index (χ2v) is 8.04. The van der Waals surface area contributed by atoms with Crippen LogP contribution in [0.2, 0.25) is 0 Å². The van der Waals surface area contributed by atoms with Crippen LogP contribution < -0.4 is 15.1 Å². The minimum atomic E-state index is -0.291. The number of nitrogens with one attached hydrogen (secondary N) is 1. The summed E-state index contributed by atoms with van der Waals surface area (Å²) in [6.07, 6.45) is 1.51. The smallest absolute Gasteiger partial charge is 0.259 e. The van der Waals surface area contributed by atoms with Gasteiger partial charge < -0.3 is 19.5 Å². The van der Waals surface area contributed by atoms with Crippen molar-refractivity contribution in [1.82, 2.24) is 19.7 Å². The predicted octanol–water partition coefficient (Wildman–Crippen LogP) is 2.99. The molecule has 0 spiro atoms. The minimum Gasteiger partial charge on any atom is -0.495 e. The molecule has 2 aromatic heterocycles. The monoisotopic (exact) mass is 443 g/mol. The number of benzene rings is 2. The first-order valence-corrected chi connectivity index (χ1v) is 10.9. The number of methoxy groups -OCH3 is 1. The molecule has 0 aliphatic carbocycles. The zero-order chi connectivity index (χ0) is 22.9. The molecule has 0 radical (unpaired) electrons. The molecule has 1 N–H and O–H groups in total. The van der Waals surface area contributed by atoms with E-state index in [-0.39, 0.29) is 16.9 Å². The Hall–Kier alpha value is -4.07. The Labute approximate surface area is 191 Å². The lowest BCUT2D eigenvalue weighted by molar-refractivity contribution is 0.0745. The molecule has 8 nitrogen and oxygen atoms in total. The van der Waals surface area contributed by atoms with Crippen LogP contribution in [-0.4, -0.2) is 58.9 Å². The maximum atomic E-state index is 13.3. The van der Waals surface area contributed by atoms with Gasteiger partial charge in [-0.05, 0) is 31.2 Å². The molecule has 168 valence electrons. The SMILES string of the molecule is COc1ccccc1N1CCN(C(=O)c2c[nH]c3c(c(C)nn3-c3ccccc3)c2=O)CC1. The maximum Gasteiger partial charge on any atom is 0.259 e. The van der Waals surface area contributed by atoms with E-state index in [0.717, 1.165) is 17.1 Å². The van der Waals surface area contributed by atoms with Crippen molar-refractivity contribution >= 4 is 22.6 Å².